The van der Waals surface area contributed by atoms with Crippen LogP contribution in [0, 0.1) is 0 Å². The lowest BCUT2D eigenvalue weighted by atomic mass is 10.3. The Bertz CT molecular complexity index is 670. The number of sulfone groups is 1. The third kappa shape index (κ3) is 3.61. The van der Waals surface area contributed by atoms with Crippen LogP contribution in [0.4, 0.5) is 0 Å². The molecule has 1 aliphatic heterocycles. The average molecular weight is 344 g/mol. The first-order valence-electron chi connectivity index (χ1n) is 5.32. The number of hydrogen-bond donors (Lipinski definition) is 1. The van der Waals surface area contributed by atoms with Crippen molar-refractivity contribution in [2.75, 3.05) is 11.5 Å². The number of alkyl halides is 1. The zero-order valence-electron chi connectivity index (χ0n) is 9.58. The molecule has 1 N–H and O–H groups in total. The minimum absolute atomic E-state index is 0.0186. The van der Waals surface area contributed by atoms with Crippen LogP contribution in [0.5, 0.6) is 0 Å². The molecule has 2 rings (SSSR count). The molecule has 0 saturated carbocycles. The van der Waals surface area contributed by atoms with Gasteiger partial charge in [-0.15, -0.1) is 11.6 Å². The van der Waals surface area contributed by atoms with Crippen LogP contribution >= 0.6 is 23.2 Å². The Kier molecular flexibility index (Phi) is 4.13. The first-order chi connectivity index (χ1) is 8.70. The molecule has 1 saturated heterocycles. The van der Waals surface area contributed by atoms with Crippen LogP contribution in [0.2, 0.25) is 5.02 Å². The molecule has 0 aromatic heterocycles. The highest BCUT2D eigenvalue weighted by Gasteiger charge is 2.38. The van der Waals surface area contributed by atoms with Crippen molar-refractivity contribution in [2.24, 2.45) is 0 Å². The van der Waals surface area contributed by atoms with Crippen LogP contribution in [0.25, 0.3) is 0 Å². The molecule has 0 unspecified atom stereocenters. The van der Waals surface area contributed by atoms with Gasteiger partial charge in [0.05, 0.1) is 27.8 Å². The van der Waals surface area contributed by atoms with Crippen LogP contribution in [0.3, 0.4) is 0 Å². The summed E-state index contributed by atoms with van der Waals surface area (Å²) in [6.45, 7) is 0. The summed E-state index contributed by atoms with van der Waals surface area (Å²) in [5.41, 5.74) is 0. The molecule has 5 nitrogen and oxygen atoms in total. The lowest BCUT2D eigenvalue weighted by Crippen LogP contribution is -2.40. The molecule has 1 fully saturated rings. The van der Waals surface area contributed by atoms with Gasteiger partial charge in [0.25, 0.3) is 0 Å². The quantitative estimate of drug-likeness (QED) is 0.831. The lowest BCUT2D eigenvalue weighted by molar-refractivity contribution is 0.563. The molecule has 0 aliphatic carbocycles. The molecule has 1 aromatic carbocycles. The van der Waals surface area contributed by atoms with E-state index in [0.717, 1.165) is 0 Å². The molecule has 0 amide bonds. The minimum Gasteiger partial charge on any atom is -0.229 e. The number of sulfonamides is 1. The molecule has 1 aromatic rings. The fourth-order valence-electron chi connectivity index (χ4n) is 1.79. The SMILES string of the molecule is O=S1(=O)C[C@H](NS(=O)(=O)c2ccc(Cl)cc2)[C@@H](Cl)C1. The standard InChI is InChI=1S/C10H11Cl2NO4S2/c11-7-1-3-8(4-2-7)19(16,17)13-10-6-18(14,15)5-9(10)12/h1-4,9-10,13H,5-6H2/t9-,10-/m0/s1. The van der Waals surface area contributed by atoms with Gasteiger partial charge in [0.1, 0.15) is 0 Å². The van der Waals surface area contributed by atoms with Crippen molar-refractivity contribution in [3.8, 4) is 0 Å². The van der Waals surface area contributed by atoms with Crippen molar-refractivity contribution < 1.29 is 16.8 Å². The summed E-state index contributed by atoms with van der Waals surface area (Å²) in [7, 11) is -7.09. The Hall–Kier alpha value is -0.340. The molecule has 9 heteroatoms. The average Bonchev–Trinajstić information content (AvgIpc) is 2.51. The van der Waals surface area contributed by atoms with E-state index in [9.17, 15) is 16.8 Å². The van der Waals surface area contributed by atoms with Gasteiger partial charge in [0, 0.05) is 5.02 Å². The Morgan fingerprint density at radius 1 is 1.16 bits per heavy atom. The predicted molar refractivity (Wildman–Crippen MR) is 73.9 cm³/mol. The highest BCUT2D eigenvalue weighted by molar-refractivity contribution is 7.92. The van der Waals surface area contributed by atoms with E-state index in [4.69, 9.17) is 23.2 Å². The summed E-state index contributed by atoms with van der Waals surface area (Å²) < 4.78 is 49.2. The molecule has 106 valence electrons. The Balaban J connectivity index is 2.21. The third-order valence-corrected chi connectivity index (χ3v) is 6.85. The van der Waals surface area contributed by atoms with Gasteiger partial charge >= 0.3 is 0 Å². The van der Waals surface area contributed by atoms with E-state index in [0.29, 0.717) is 5.02 Å². The lowest BCUT2D eigenvalue weighted by Gasteiger charge is -2.14. The zero-order chi connectivity index (χ0) is 14.3. The second-order valence-corrected chi connectivity index (χ2v) is 9.14. The van der Waals surface area contributed by atoms with Crippen molar-refractivity contribution in [3.63, 3.8) is 0 Å². The fourth-order valence-corrected chi connectivity index (χ4v) is 5.93. The van der Waals surface area contributed by atoms with Gasteiger partial charge in [-0.3, -0.25) is 0 Å². The maximum absolute atomic E-state index is 12.0. The van der Waals surface area contributed by atoms with Crippen LogP contribution in [-0.2, 0) is 19.9 Å². The molecule has 0 spiro atoms. The van der Waals surface area contributed by atoms with Gasteiger partial charge in [-0.05, 0) is 24.3 Å². The molecule has 1 heterocycles. The maximum Gasteiger partial charge on any atom is 0.240 e. The number of hydrogen-bond acceptors (Lipinski definition) is 4. The normalized spacial score (nSPS) is 26.4. The second-order valence-electron chi connectivity index (χ2n) is 4.27. The van der Waals surface area contributed by atoms with E-state index in [1.54, 1.807) is 0 Å². The highest BCUT2D eigenvalue weighted by atomic mass is 35.5. The Morgan fingerprint density at radius 3 is 2.21 bits per heavy atom. The highest BCUT2D eigenvalue weighted by Crippen LogP contribution is 2.21. The summed E-state index contributed by atoms with van der Waals surface area (Å²) in [6.07, 6.45) is 0. The molecule has 1 aliphatic rings. The van der Waals surface area contributed by atoms with Crippen LogP contribution in [-0.4, -0.2) is 39.8 Å². The molecular weight excluding hydrogens is 333 g/mol. The van der Waals surface area contributed by atoms with Gasteiger partial charge < -0.3 is 0 Å². The predicted octanol–water partition coefficient (Wildman–Crippen LogP) is 1.02. The van der Waals surface area contributed by atoms with E-state index in [1.165, 1.54) is 24.3 Å². The second kappa shape index (κ2) is 5.21. The van der Waals surface area contributed by atoms with Gasteiger partial charge in [0.2, 0.25) is 10.0 Å². The first-order valence-corrected chi connectivity index (χ1v) is 9.44. The van der Waals surface area contributed by atoms with Gasteiger partial charge in [-0.1, -0.05) is 11.6 Å². The van der Waals surface area contributed by atoms with Crippen molar-refractivity contribution in [2.45, 2.75) is 16.3 Å². The number of rotatable bonds is 3. The molecule has 0 bridgehead atoms. The molecule has 2 atom stereocenters. The van der Waals surface area contributed by atoms with Gasteiger partial charge in [-0.2, -0.15) is 0 Å². The fraction of sp³-hybridized carbons (Fsp3) is 0.400. The topological polar surface area (TPSA) is 80.3 Å². The Labute approximate surface area is 121 Å². The van der Waals surface area contributed by atoms with E-state index in [2.05, 4.69) is 4.72 Å². The van der Waals surface area contributed by atoms with E-state index in [1.807, 2.05) is 0 Å². The monoisotopic (exact) mass is 343 g/mol. The van der Waals surface area contributed by atoms with E-state index in [-0.39, 0.29) is 16.4 Å². The summed E-state index contributed by atoms with van der Waals surface area (Å²) in [5, 5.41) is -0.343. The van der Waals surface area contributed by atoms with E-state index < -0.39 is 31.3 Å². The van der Waals surface area contributed by atoms with Gasteiger partial charge in [0.15, 0.2) is 9.84 Å². The van der Waals surface area contributed by atoms with E-state index >= 15 is 0 Å². The van der Waals surface area contributed by atoms with Crippen molar-refractivity contribution in [1.29, 1.82) is 0 Å². The number of halogens is 2. The van der Waals surface area contributed by atoms with Crippen molar-refractivity contribution >= 4 is 43.1 Å². The van der Waals surface area contributed by atoms with Gasteiger partial charge in [-0.25, -0.2) is 21.6 Å². The minimum atomic E-state index is -3.80. The third-order valence-electron chi connectivity index (χ3n) is 2.71. The molecular formula is C10H11Cl2NO4S2. The number of benzene rings is 1. The molecule has 19 heavy (non-hydrogen) atoms. The smallest absolute Gasteiger partial charge is 0.229 e. The Morgan fingerprint density at radius 2 is 1.74 bits per heavy atom. The van der Waals surface area contributed by atoms with Crippen LogP contribution in [0.1, 0.15) is 0 Å². The molecule has 0 radical (unpaired) electrons. The van der Waals surface area contributed by atoms with Crippen LogP contribution < -0.4 is 4.72 Å². The summed E-state index contributed by atoms with van der Waals surface area (Å²) in [4.78, 5) is 0.0186. The summed E-state index contributed by atoms with van der Waals surface area (Å²) >= 11 is 11.5. The van der Waals surface area contributed by atoms with Crippen molar-refractivity contribution in [3.05, 3.63) is 29.3 Å². The summed E-state index contributed by atoms with van der Waals surface area (Å²) in [6, 6.07) is 4.76. The maximum atomic E-state index is 12.0. The number of nitrogens with one attached hydrogen (secondary N) is 1. The summed E-state index contributed by atoms with van der Waals surface area (Å²) in [5.74, 6) is -0.504. The zero-order valence-corrected chi connectivity index (χ0v) is 12.7. The first kappa shape index (κ1) is 15.1. The van der Waals surface area contributed by atoms with Crippen molar-refractivity contribution in [1.82, 2.24) is 4.72 Å². The van der Waals surface area contributed by atoms with Crippen LogP contribution in [0.15, 0.2) is 29.2 Å². The largest absolute Gasteiger partial charge is 0.240 e.